The van der Waals surface area contributed by atoms with E-state index in [1.807, 2.05) is 26.0 Å². The minimum Gasteiger partial charge on any atom is -0.377 e. The summed E-state index contributed by atoms with van der Waals surface area (Å²) in [6, 6.07) is 11.4. The molecule has 0 aliphatic carbocycles. The molecule has 2 rings (SSSR count). The SMILES string of the molecule is Cc1ccc(NC(C)Cc2cccc(F)c2)c([N+](=O)[O-])c1. The maximum Gasteiger partial charge on any atom is 0.292 e. The molecule has 1 atom stereocenters. The topological polar surface area (TPSA) is 55.2 Å². The monoisotopic (exact) mass is 288 g/mol. The first-order valence-corrected chi connectivity index (χ1v) is 6.71. The van der Waals surface area contributed by atoms with Gasteiger partial charge in [-0.3, -0.25) is 10.1 Å². The van der Waals surface area contributed by atoms with Gasteiger partial charge in [-0.1, -0.05) is 18.2 Å². The predicted octanol–water partition coefficient (Wildman–Crippen LogP) is 4.09. The largest absolute Gasteiger partial charge is 0.377 e. The van der Waals surface area contributed by atoms with Gasteiger partial charge in [0.25, 0.3) is 5.69 Å². The molecule has 0 fully saturated rings. The van der Waals surface area contributed by atoms with Crippen LogP contribution in [0.2, 0.25) is 0 Å². The van der Waals surface area contributed by atoms with Gasteiger partial charge in [0, 0.05) is 12.1 Å². The van der Waals surface area contributed by atoms with Crippen LogP contribution in [-0.2, 0) is 6.42 Å². The molecule has 0 saturated heterocycles. The van der Waals surface area contributed by atoms with Crippen molar-refractivity contribution in [2.75, 3.05) is 5.32 Å². The molecule has 0 amide bonds. The van der Waals surface area contributed by atoms with Gasteiger partial charge in [0.05, 0.1) is 4.92 Å². The summed E-state index contributed by atoms with van der Waals surface area (Å²) in [5.41, 5.74) is 2.23. The lowest BCUT2D eigenvalue weighted by Gasteiger charge is -2.15. The highest BCUT2D eigenvalue weighted by Crippen LogP contribution is 2.26. The molecule has 21 heavy (non-hydrogen) atoms. The number of hydrogen-bond acceptors (Lipinski definition) is 3. The van der Waals surface area contributed by atoms with E-state index in [0.717, 1.165) is 11.1 Å². The Balaban J connectivity index is 2.12. The van der Waals surface area contributed by atoms with E-state index in [-0.39, 0.29) is 17.5 Å². The van der Waals surface area contributed by atoms with E-state index in [1.165, 1.54) is 18.2 Å². The number of nitrogens with zero attached hydrogens (tertiary/aromatic N) is 1. The molecule has 2 aromatic rings. The number of hydrogen-bond donors (Lipinski definition) is 1. The van der Waals surface area contributed by atoms with E-state index in [2.05, 4.69) is 5.32 Å². The number of nitro benzene ring substituents is 1. The van der Waals surface area contributed by atoms with Gasteiger partial charge in [-0.15, -0.1) is 0 Å². The number of rotatable bonds is 5. The third-order valence-corrected chi connectivity index (χ3v) is 3.18. The van der Waals surface area contributed by atoms with Crippen molar-refractivity contribution in [3.8, 4) is 0 Å². The smallest absolute Gasteiger partial charge is 0.292 e. The Morgan fingerprint density at radius 1 is 1.29 bits per heavy atom. The number of nitrogens with one attached hydrogen (secondary N) is 1. The Labute approximate surface area is 122 Å². The minimum atomic E-state index is -0.399. The molecule has 0 saturated carbocycles. The van der Waals surface area contributed by atoms with Crippen molar-refractivity contribution >= 4 is 11.4 Å². The third kappa shape index (κ3) is 4.02. The first kappa shape index (κ1) is 15.0. The van der Waals surface area contributed by atoms with Crippen molar-refractivity contribution in [3.63, 3.8) is 0 Å². The zero-order valence-corrected chi connectivity index (χ0v) is 12.0. The van der Waals surface area contributed by atoms with Crippen molar-refractivity contribution in [2.24, 2.45) is 0 Å². The summed E-state index contributed by atoms with van der Waals surface area (Å²) in [4.78, 5) is 10.7. The summed E-state index contributed by atoms with van der Waals surface area (Å²) in [5.74, 6) is -0.277. The van der Waals surface area contributed by atoms with E-state index < -0.39 is 4.92 Å². The molecule has 0 bridgehead atoms. The quantitative estimate of drug-likeness (QED) is 0.666. The average molecular weight is 288 g/mol. The first-order valence-electron chi connectivity index (χ1n) is 6.71. The molecule has 0 spiro atoms. The van der Waals surface area contributed by atoms with Gasteiger partial charge in [0.15, 0.2) is 0 Å². The highest BCUT2D eigenvalue weighted by Gasteiger charge is 2.15. The fourth-order valence-corrected chi connectivity index (χ4v) is 2.25. The second kappa shape index (κ2) is 6.35. The zero-order chi connectivity index (χ0) is 15.4. The van der Waals surface area contributed by atoms with Gasteiger partial charge in [0.1, 0.15) is 11.5 Å². The Morgan fingerprint density at radius 3 is 2.71 bits per heavy atom. The summed E-state index contributed by atoms with van der Waals surface area (Å²) in [6.07, 6.45) is 0.586. The van der Waals surface area contributed by atoms with E-state index in [0.29, 0.717) is 12.1 Å². The number of nitro groups is 1. The molecular formula is C16H17FN2O2. The molecule has 0 radical (unpaired) electrons. The lowest BCUT2D eigenvalue weighted by molar-refractivity contribution is -0.384. The fourth-order valence-electron chi connectivity index (χ4n) is 2.25. The molecule has 1 N–H and O–H groups in total. The zero-order valence-electron chi connectivity index (χ0n) is 12.0. The summed E-state index contributed by atoms with van der Waals surface area (Å²) in [6.45, 7) is 3.72. The molecule has 0 aliphatic heterocycles. The Bertz CT molecular complexity index is 658. The molecule has 5 heteroatoms. The number of aryl methyl sites for hydroxylation is 1. The van der Waals surface area contributed by atoms with Gasteiger partial charge in [0.2, 0.25) is 0 Å². The van der Waals surface area contributed by atoms with Crippen LogP contribution < -0.4 is 5.32 Å². The first-order chi connectivity index (χ1) is 9.95. The van der Waals surface area contributed by atoms with Gasteiger partial charge in [-0.05, 0) is 49.6 Å². The Morgan fingerprint density at radius 2 is 2.05 bits per heavy atom. The lowest BCUT2D eigenvalue weighted by Crippen LogP contribution is -2.19. The number of halogens is 1. The molecular weight excluding hydrogens is 271 g/mol. The maximum atomic E-state index is 13.1. The molecule has 0 aliphatic rings. The second-order valence-corrected chi connectivity index (χ2v) is 5.16. The Kier molecular flexibility index (Phi) is 4.52. The average Bonchev–Trinajstić information content (AvgIpc) is 2.40. The highest BCUT2D eigenvalue weighted by atomic mass is 19.1. The van der Waals surface area contributed by atoms with E-state index in [1.54, 1.807) is 12.1 Å². The number of benzene rings is 2. The van der Waals surface area contributed by atoms with Gasteiger partial charge >= 0.3 is 0 Å². The van der Waals surface area contributed by atoms with Crippen LogP contribution in [-0.4, -0.2) is 11.0 Å². The van der Waals surface area contributed by atoms with Crippen molar-refractivity contribution in [1.82, 2.24) is 0 Å². The van der Waals surface area contributed by atoms with Crippen LogP contribution in [0, 0.1) is 22.9 Å². The van der Waals surface area contributed by atoms with Crippen molar-refractivity contribution < 1.29 is 9.31 Å². The summed E-state index contributed by atoms with van der Waals surface area (Å²) in [5, 5.41) is 14.2. The third-order valence-electron chi connectivity index (χ3n) is 3.18. The molecule has 0 aromatic heterocycles. The van der Waals surface area contributed by atoms with E-state index >= 15 is 0 Å². The fraction of sp³-hybridized carbons (Fsp3) is 0.250. The maximum absolute atomic E-state index is 13.1. The van der Waals surface area contributed by atoms with Crippen LogP contribution >= 0.6 is 0 Å². The molecule has 1 unspecified atom stereocenters. The molecule has 110 valence electrons. The van der Waals surface area contributed by atoms with Crippen molar-refractivity contribution in [1.29, 1.82) is 0 Å². The van der Waals surface area contributed by atoms with Crippen LogP contribution in [0.1, 0.15) is 18.1 Å². The van der Waals surface area contributed by atoms with Crippen LogP contribution in [0.15, 0.2) is 42.5 Å². The standard InChI is InChI=1S/C16H17FN2O2/c1-11-6-7-15(16(8-11)19(20)21)18-12(2)9-13-4-3-5-14(17)10-13/h3-8,10,12,18H,9H2,1-2H3. The van der Waals surface area contributed by atoms with Gasteiger partial charge in [-0.2, -0.15) is 0 Å². The summed E-state index contributed by atoms with van der Waals surface area (Å²) < 4.78 is 13.1. The molecule has 0 heterocycles. The second-order valence-electron chi connectivity index (χ2n) is 5.16. The van der Waals surface area contributed by atoms with Crippen molar-refractivity contribution in [2.45, 2.75) is 26.3 Å². The Hall–Kier alpha value is -2.43. The van der Waals surface area contributed by atoms with Crippen LogP contribution in [0.4, 0.5) is 15.8 Å². The summed E-state index contributed by atoms with van der Waals surface area (Å²) in [7, 11) is 0. The normalized spacial score (nSPS) is 12.0. The van der Waals surface area contributed by atoms with Gasteiger partial charge in [-0.25, -0.2) is 4.39 Å². The van der Waals surface area contributed by atoms with E-state index in [4.69, 9.17) is 0 Å². The predicted molar refractivity (Wildman–Crippen MR) is 81.0 cm³/mol. The summed E-state index contributed by atoms with van der Waals surface area (Å²) >= 11 is 0. The van der Waals surface area contributed by atoms with Crippen LogP contribution in [0.25, 0.3) is 0 Å². The molecule has 2 aromatic carbocycles. The van der Waals surface area contributed by atoms with Crippen LogP contribution in [0.3, 0.4) is 0 Å². The van der Waals surface area contributed by atoms with Crippen LogP contribution in [0.5, 0.6) is 0 Å². The van der Waals surface area contributed by atoms with Gasteiger partial charge < -0.3 is 5.32 Å². The highest BCUT2D eigenvalue weighted by molar-refractivity contribution is 5.63. The lowest BCUT2D eigenvalue weighted by atomic mass is 10.1. The molecule has 4 nitrogen and oxygen atoms in total. The van der Waals surface area contributed by atoms with E-state index in [9.17, 15) is 14.5 Å². The number of anilines is 1. The van der Waals surface area contributed by atoms with Crippen molar-refractivity contribution in [3.05, 3.63) is 69.5 Å². The minimum absolute atomic E-state index is 0.0480.